The maximum absolute atomic E-state index is 9.05. The van der Waals surface area contributed by atoms with Crippen molar-refractivity contribution in [3.63, 3.8) is 0 Å². The van der Waals surface area contributed by atoms with Crippen LogP contribution in [0.25, 0.3) is 0 Å². The Morgan fingerprint density at radius 1 is 1.10 bits per heavy atom. The molecular formula is C16H14BrNO2. The van der Waals surface area contributed by atoms with Crippen molar-refractivity contribution in [1.82, 2.24) is 0 Å². The van der Waals surface area contributed by atoms with E-state index in [-0.39, 0.29) is 0 Å². The van der Waals surface area contributed by atoms with E-state index in [0.717, 1.165) is 10.0 Å². The quantitative estimate of drug-likeness (QED) is 0.820. The van der Waals surface area contributed by atoms with Crippen molar-refractivity contribution in [3.8, 4) is 17.6 Å². The minimum absolute atomic E-state index is 0.339. The molecule has 0 saturated heterocycles. The second-order valence-electron chi connectivity index (χ2n) is 4.08. The second-order valence-corrected chi connectivity index (χ2v) is 5.00. The van der Waals surface area contributed by atoms with Gasteiger partial charge >= 0.3 is 0 Å². The third kappa shape index (κ3) is 3.52. The number of halogens is 1. The lowest BCUT2D eigenvalue weighted by Crippen LogP contribution is -2.01. The van der Waals surface area contributed by atoms with Gasteiger partial charge in [-0.2, -0.15) is 5.26 Å². The Morgan fingerprint density at radius 3 is 2.65 bits per heavy atom. The molecule has 0 fully saturated rings. The lowest BCUT2D eigenvalue weighted by Gasteiger charge is -2.12. The van der Waals surface area contributed by atoms with Crippen LogP contribution in [0.3, 0.4) is 0 Å². The number of hydrogen-bond acceptors (Lipinski definition) is 3. The summed E-state index contributed by atoms with van der Waals surface area (Å²) >= 11 is 3.41. The first-order chi connectivity index (χ1) is 9.74. The van der Waals surface area contributed by atoms with Crippen molar-refractivity contribution >= 4 is 15.9 Å². The van der Waals surface area contributed by atoms with E-state index in [2.05, 4.69) is 22.0 Å². The molecular weight excluding hydrogens is 318 g/mol. The van der Waals surface area contributed by atoms with E-state index in [0.29, 0.717) is 30.3 Å². The monoisotopic (exact) mass is 331 g/mol. The van der Waals surface area contributed by atoms with Crippen LogP contribution in [-0.2, 0) is 6.61 Å². The molecule has 0 heterocycles. The molecule has 2 rings (SSSR count). The Balaban J connectivity index is 2.17. The third-order valence-corrected chi connectivity index (χ3v) is 3.22. The zero-order valence-corrected chi connectivity index (χ0v) is 12.7. The molecule has 4 heteroatoms. The molecule has 0 atom stereocenters. The van der Waals surface area contributed by atoms with E-state index in [1.54, 1.807) is 6.07 Å². The van der Waals surface area contributed by atoms with Crippen LogP contribution >= 0.6 is 15.9 Å². The highest BCUT2D eigenvalue weighted by atomic mass is 79.9. The summed E-state index contributed by atoms with van der Waals surface area (Å²) in [7, 11) is 0. The Morgan fingerprint density at radius 2 is 1.90 bits per heavy atom. The highest BCUT2D eigenvalue weighted by Gasteiger charge is 2.07. The average molecular weight is 332 g/mol. The highest BCUT2D eigenvalue weighted by molar-refractivity contribution is 9.10. The molecule has 0 aliphatic heterocycles. The topological polar surface area (TPSA) is 42.2 Å². The summed E-state index contributed by atoms with van der Waals surface area (Å²) in [5.74, 6) is 1.36. The molecule has 0 aromatic heterocycles. The van der Waals surface area contributed by atoms with Crippen LogP contribution in [-0.4, -0.2) is 6.61 Å². The van der Waals surface area contributed by atoms with Crippen LogP contribution in [0.5, 0.6) is 11.5 Å². The zero-order chi connectivity index (χ0) is 14.4. The number of ether oxygens (including phenoxy) is 2. The summed E-state index contributed by atoms with van der Waals surface area (Å²) in [4.78, 5) is 0. The van der Waals surface area contributed by atoms with Crippen LogP contribution in [0.1, 0.15) is 18.1 Å². The van der Waals surface area contributed by atoms with Crippen LogP contribution in [0, 0.1) is 11.3 Å². The van der Waals surface area contributed by atoms with E-state index >= 15 is 0 Å². The Bertz CT molecular complexity index is 635. The van der Waals surface area contributed by atoms with Crippen LogP contribution in [0.4, 0.5) is 0 Å². The van der Waals surface area contributed by atoms with Crippen LogP contribution in [0.2, 0.25) is 0 Å². The standard InChI is InChI=1S/C16H14BrNO2/c1-2-19-16-9-14(17)7-8-15(16)20-11-13-6-4-3-5-12(13)10-18/h3-9H,2,11H2,1H3. The van der Waals surface area contributed by atoms with E-state index in [4.69, 9.17) is 14.7 Å². The predicted molar refractivity (Wildman–Crippen MR) is 80.8 cm³/mol. The molecule has 0 N–H and O–H groups in total. The summed E-state index contributed by atoms with van der Waals surface area (Å²) in [6.07, 6.45) is 0. The zero-order valence-electron chi connectivity index (χ0n) is 11.1. The van der Waals surface area contributed by atoms with E-state index in [1.165, 1.54) is 0 Å². The van der Waals surface area contributed by atoms with Crippen LogP contribution in [0.15, 0.2) is 46.9 Å². The van der Waals surface area contributed by atoms with Gasteiger partial charge in [-0.3, -0.25) is 0 Å². The van der Waals surface area contributed by atoms with Crippen molar-refractivity contribution in [2.24, 2.45) is 0 Å². The fourth-order valence-electron chi connectivity index (χ4n) is 1.78. The second kappa shape index (κ2) is 6.97. The summed E-state index contributed by atoms with van der Waals surface area (Å²) in [5, 5.41) is 9.05. The van der Waals surface area contributed by atoms with Gasteiger partial charge in [-0.15, -0.1) is 0 Å². The summed E-state index contributed by atoms with van der Waals surface area (Å²) in [6.45, 7) is 2.84. The Labute approximate surface area is 126 Å². The van der Waals surface area contributed by atoms with E-state index < -0.39 is 0 Å². The molecule has 0 amide bonds. The maximum atomic E-state index is 9.05. The molecule has 3 nitrogen and oxygen atoms in total. The lowest BCUT2D eigenvalue weighted by molar-refractivity contribution is 0.269. The van der Waals surface area contributed by atoms with Crippen molar-refractivity contribution in [2.75, 3.05) is 6.61 Å². The maximum Gasteiger partial charge on any atom is 0.162 e. The van der Waals surface area contributed by atoms with E-state index in [9.17, 15) is 0 Å². The van der Waals surface area contributed by atoms with Gasteiger partial charge in [0.05, 0.1) is 18.2 Å². The third-order valence-electron chi connectivity index (χ3n) is 2.73. The molecule has 0 saturated carbocycles. The number of nitriles is 1. The van der Waals surface area contributed by atoms with Gasteiger partial charge in [0, 0.05) is 10.0 Å². The van der Waals surface area contributed by atoms with Gasteiger partial charge in [0.1, 0.15) is 6.61 Å². The largest absolute Gasteiger partial charge is 0.490 e. The molecule has 0 aliphatic carbocycles. The van der Waals surface area contributed by atoms with E-state index in [1.807, 2.05) is 43.3 Å². The number of hydrogen-bond donors (Lipinski definition) is 0. The first-order valence-electron chi connectivity index (χ1n) is 6.27. The smallest absolute Gasteiger partial charge is 0.162 e. The fraction of sp³-hybridized carbons (Fsp3) is 0.188. The molecule has 0 radical (unpaired) electrons. The minimum Gasteiger partial charge on any atom is -0.490 e. The molecule has 2 aromatic rings. The number of rotatable bonds is 5. The molecule has 0 spiro atoms. The van der Waals surface area contributed by atoms with Gasteiger partial charge in [-0.05, 0) is 31.2 Å². The first-order valence-corrected chi connectivity index (χ1v) is 7.07. The minimum atomic E-state index is 0.339. The summed E-state index contributed by atoms with van der Waals surface area (Å²) in [6, 6.07) is 15.2. The Kier molecular flexibility index (Phi) is 5.03. The molecule has 2 aromatic carbocycles. The predicted octanol–water partition coefficient (Wildman–Crippen LogP) is 4.30. The van der Waals surface area contributed by atoms with Gasteiger partial charge in [-0.25, -0.2) is 0 Å². The van der Waals surface area contributed by atoms with Gasteiger partial charge in [0.25, 0.3) is 0 Å². The number of benzene rings is 2. The van der Waals surface area contributed by atoms with Gasteiger partial charge < -0.3 is 9.47 Å². The molecule has 0 aliphatic rings. The highest BCUT2D eigenvalue weighted by Crippen LogP contribution is 2.31. The van der Waals surface area contributed by atoms with Crippen molar-refractivity contribution in [3.05, 3.63) is 58.1 Å². The van der Waals surface area contributed by atoms with Gasteiger partial charge in [-0.1, -0.05) is 34.1 Å². The summed E-state index contributed by atoms with van der Waals surface area (Å²) in [5.41, 5.74) is 1.49. The normalized spacial score (nSPS) is 9.85. The Hall–Kier alpha value is -1.99. The fourth-order valence-corrected chi connectivity index (χ4v) is 2.12. The van der Waals surface area contributed by atoms with Gasteiger partial charge in [0.2, 0.25) is 0 Å². The average Bonchev–Trinajstić information content (AvgIpc) is 2.47. The molecule has 0 unspecified atom stereocenters. The summed E-state index contributed by atoms with van der Waals surface area (Å²) < 4.78 is 12.3. The number of nitrogens with zero attached hydrogens (tertiary/aromatic N) is 1. The SMILES string of the molecule is CCOc1cc(Br)ccc1OCc1ccccc1C#N. The lowest BCUT2D eigenvalue weighted by atomic mass is 10.1. The van der Waals surface area contributed by atoms with Gasteiger partial charge in [0.15, 0.2) is 11.5 Å². The van der Waals surface area contributed by atoms with Crippen molar-refractivity contribution in [1.29, 1.82) is 5.26 Å². The molecule has 20 heavy (non-hydrogen) atoms. The van der Waals surface area contributed by atoms with Crippen LogP contribution < -0.4 is 9.47 Å². The molecule has 102 valence electrons. The first kappa shape index (κ1) is 14.4. The van der Waals surface area contributed by atoms with Crippen molar-refractivity contribution in [2.45, 2.75) is 13.5 Å². The molecule has 0 bridgehead atoms. The van der Waals surface area contributed by atoms with Crippen molar-refractivity contribution < 1.29 is 9.47 Å².